The topological polar surface area (TPSA) is 90.3 Å². The number of aryl methyl sites for hydroxylation is 1. The van der Waals surface area contributed by atoms with Crippen LogP contribution in [0.25, 0.3) is 11.0 Å². The van der Waals surface area contributed by atoms with Crippen molar-refractivity contribution in [1.82, 2.24) is 19.9 Å². The van der Waals surface area contributed by atoms with Gasteiger partial charge in [-0.3, -0.25) is 9.78 Å². The first-order chi connectivity index (χ1) is 16.6. The second kappa shape index (κ2) is 9.82. The molecule has 2 N–H and O–H groups in total. The predicted molar refractivity (Wildman–Crippen MR) is 134 cm³/mol. The van der Waals surface area contributed by atoms with E-state index in [1.807, 2.05) is 54.1 Å². The second-order valence-corrected chi connectivity index (χ2v) is 8.93. The number of carbonyl (C=O) groups excluding carboxylic acids is 1. The Kier molecular flexibility index (Phi) is 6.46. The van der Waals surface area contributed by atoms with Gasteiger partial charge in [0, 0.05) is 43.0 Å². The summed E-state index contributed by atoms with van der Waals surface area (Å²) in [5.74, 6) is 1.62. The number of nitrogens with one attached hydrogen (secondary N) is 2. The third-order valence-corrected chi connectivity index (χ3v) is 6.38. The number of ether oxygens (including phenoxy) is 2. The van der Waals surface area contributed by atoms with Crippen LogP contribution in [0.15, 0.2) is 65.3 Å². The predicted octanol–water partition coefficient (Wildman–Crippen LogP) is 5.18. The van der Waals surface area contributed by atoms with Crippen LogP contribution in [0.4, 0.5) is 11.6 Å². The van der Waals surface area contributed by atoms with E-state index in [4.69, 9.17) is 14.5 Å². The molecule has 1 aliphatic rings. The molecule has 9 heteroatoms. The third-order valence-electron chi connectivity index (χ3n) is 5.69. The molecule has 0 saturated carbocycles. The highest BCUT2D eigenvalue weighted by atomic mass is 79.9. The molecule has 1 saturated heterocycles. The Morgan fingerprint density at radius 2 is 2.06 bits per heavy atom. The molecule has 0 aliphatic carbocycles. The Morgan fingerprint density at radius 1 is 1.21 bits per heavy atom. The summed E-state index contributed by atoms with van der Waals surface area (Å²) >= 11 is 3.55. The molecule has 1 aliphatic heterocycles. The van der Waals surface area contributed by atoms with Crippen LogP contribution in [0.2, 0.25) is 0 Å². The molecule has 3 heterocycles. The van der Waals surface area contributed by atoms with E-state index in [0.717, 1.165) is 40.6 Å². The molecule has 1 fully saturated rings. The van der Waals surface area contributed by atoms with Gasteiger partial charge in [-0.05, 0) is 59.1 Å². The van der Waals surface area contributed by atoms with E-state index >= 15 is 0 Å². The summed E-state index contributed by atoms with van der Waals surface area (Å²) in [7, 11) is 1.96. The molecule has 5 rings (SSSR count). The molecule has 1 unspecified atom stereocenters. The Morgan fingerprint density at radius 3 is 2.88 bits per heavy atom. The van der Waals surface area contributed by atoms with Crippen molar-refractivity contribution in [3.8, 4) is 11.5 Å². The fourth-order valence-electron chi connectivity index (χ4n) is 3.88. The van der Waals surface area contributed by atoms with Gasteiger partial charge in [0.1, 0.15) is 17.2 Å². The summed E-state index contributed by atoms with van der Waals surface area (Å²) < 4.78 is 14.5. The van der Waals surface area contributed by atoms with Crippen LogP contribution in [0.1, 0.15) is 23.3 Å². The zero-order valence-corrected chi connectivity index (χ0v) is 20.2. The molecule has 1 amide bonds. The monoisotopic (exact) mass is 521 g/mol. The number of rotatable bonds is 7. The largest absolute Gasteiger partial charge is 0.457 e. The fraction of sp³-hybridized carbons (Fsp3) is 0.240. The molecule has 0 bridgehead atoms. The van der Waals surface area contributed by atoms with Crippen molar-refractivity contribution < 1.29 is 14.3 Å². The summed E-state index contributed by atoms with van der Waals surface area (Å²) in [6, 6.07) is 17.0. The summed E-state index contributed by atoms with van der Waals surface area (Å²) in [5.41, 5.74) is 2.98. The Bertz CT molecular complexity index is 1330. The lowest BCUT2D eigenvalue weighted by Gasteiger charge is -2.11. The highest BCUT2D eigenvalue weighted by Crippen LogP contribution is 2.30. The van der Waals surface area contributed by atoms with Gasteiger partial charge < -0.3 is 24.7 Å². The van der Waals surface area contributed by atoms with Crippen LogP contribution in [0, 0.1) is 0 Å². The highest BCUT2D eigenvalue weighted by Gasteiger charge is 2.17. The van der Waals surface area contributed by atoms with Gasteiger partial charge in [-0.25, -0.2) is 4.98 Å². The maximum Gasteiger partial charge on any atom is 0.270 e. The number of carbonyl (C=O) groups is 1. The standard InChI is InChI=1S/C25H24BrN5O3/c1-31-23-9-8-16(13-21(23)30-25(31)29-20-7-3-2-6-19(20)26)34-17-10-11-27-22(14-17)24(32)28-15-18-5-4-12-33-18/h2-3,6-11,13-14,18H,4-5,12,15H2,1H3,(H,28,32)(H,29,30). The van der Waals surface area contributed by atoms with Crippen LogP contribution in [-0.2, 0) is 11.8 Å². The number of imidazole rings is 1. The van der Waals surface area contributed by atoms with E-state index in [-0.39, 0.29) is 12.0 Å². The number of aromatic nitrogens is 3. The normalized spacial score (nSPS) is 15.4. The number of hydrogen-bond acceptors (Lipinski definition) is 6. The quantitative estimate of drug-likeness (QED) is 0.348. The van der Waals surface area contributed by atoms with Crippen LogP contribution in [-0.4, -0.2) is 39.7 Å². The molecule has 4 aromatic rings. The van der Waals surface area contributed by atoms with E-state index in [1.165, 1.54) is 0 Å². The second-order valence-electron chi connectivity index (χ2n) is 8.07. The fourth-order valence-corrected chi connectivity index (χ4v) is 4.26. The Hall–Kier alpha value is -3.43. The van der Waals surface area contributed by atoms with Crippen LogP contribution >= 0.6 is 15.9 Å². The number of pyridine rings is 1. The van der Waals surface area contributed by atoms with Crippen LogP contribution in [0.3, 0.4) is 0 Å². The Balaban J connectivity index is 1.30. The molecule has 0 radical (unpaired) electrons. The molecule has 0 spiro atoms. The van der Waals surface area contributed by atoms with E-state index in [0.29, 0.717) is 29.7 Å². The van der Waals surface area contributed by atoms with Gasteiger partial charge in [-0.15, -0.1) is 0 Å². The number of fused-ring (bicyclic) bond motifs is 1. The molecule has 174 valence electrons. The van der Waals surface area contributed by atoms with Crippen LogP contribution < -0.4 is 15.4 Å². The van der Waals surface area contributed by atoms with Gasteiger partial charge in [0.25, 0.3) is 5.91 Å². The Labute approximate surface area is 205 Å². The zero-order chi connectivity index (χ0) is 23.5. The molecular formula is C25H24BrN5O3. The molecule has 2 aromatic heterocycles. The molecule has 8 nitrogen and oxygen atoms in total. The minimum atomic E-state index is -0.246. The minimum absolute atomic E-state index is 0.0795. The maximum atomic E-state index is 12.5. The van der Waals surface area contributed by atoms with Gasteiger partial charge in [0.2, 0.25) is 5.95 Å². The highest BCUT2D eigenvalue weighted by molar-refractivity contribution is 9.10. The van der Waals surface area contributed by atoms with Crippen LogP contribution in [0.5, 0.6) is 11.5 Å². The van der Waals surface area contributed by atoms with Gasteiger partial charge in [-0.2, -0.15) is 0 Å². The number of halogens is 1. The summed E-state index contributed by atoms with van der Waals surface area (Å²) in [4.78, 5) is 21.4. The van der Waals surface area contributed by atoms with Crippen molar-refractivity contribution >= 4 is 44.5 Å². The van der Waals surface area contributed by atoms with Crippen molar-refractivity contribution in [2.45, 2.75) is 18.9 Å². The van der Waals surface area contributed by atoms with Gasteiger partial charge in [0.15, 0.2) is 0 Å². The average molecular weight is 522 g/mol. The van der Waals surface area contributed by atoms with Crippen molar-refractivity contribution in [3.63, 3.8) is 0 Å². The molecule has 34 heavy (non-hydrogen) atoms. The van der Waals surface area contributed by atoms with E-state index in [9.17, 15) is 4.79 Å². The maximum absolute atomic E-state index is 12.5. The first-order valence-electron chi connectivity index (χ1n) is 11.1. The van der Waals surface area contributed by atoms with Crippen molar-refractivity contribution in [1.29, 1.82) is 0 Å². The number of nitrogens with zero attached hydrogens (tertiary/aromatic N) is 3. The van der Waals surface area contributed by atoms with Crippen molar-refractivity contribution in [2.75, 3.05) is 18.5 Å². The average Bonchev–Trinajstić information content (AvgIpc) is 3.47. The number of hydrogen-bond donors (Lipinski definition) is 2. The van der Waals surface area contributed by atoms with E-state index in [2.05, 4.69) is 31.5 Å². The summed E-state index contributed by atoms with van der Waals surface area (Å²) in [5, 5.41) is 6.24. The first-order valence-corrected chi connectivity index (χ1v) is 11.9. The van der Waals surface area contributed by atoms with Crippen molar-refractivity contribution in [2.24, 2.45) is 7.05 Å². The van der Waals surface area contributed by atoms with Gasteiger partial charge in [0.05, 0.1) is 22.8 Å². The summed E-state index contributed by atoms with van der Waals surface area (Å²) in [6.07, 6.45) is 3.64. The van der Waals surface area contributed by atoms with E-state index in [1.54, 1.807) is 18.3 Å². The molecule has 2 aromatic carbocycles. The molecular weight excluding hydrogens is 498 g/mol. The number of para-hydroxylation sites is 1. The van der Waals surface area contributed by atoms with Crippen molar-refractivity contribution in [3.05, 3.63) is 71.0 Å². The van der Waals surface area contributed by atoms with Gasteiger partial charge in [-0.1, -0.05) is 12.1 Å². The first kappa shape index (κ1) is 22.4. The lowest BCUT2D eigenvalue weighted by molar-refractivity contribution is 0.0853. The lowest BCUT2D eigenvalue weighted by Crippen LogP contribution is -2.32. The number of amides is 1. The van der Waals surface area contributed by atoms with E-state index < -0.39 is 0 Å². The molecule has 1 atom stereocenters. The number of anilines is 2. The lowest BCUT2D eigenvalue weighted by atomic mass is 10.2. The minimum Gasteiger partial charge on any atom is -0.457 e. The smallest absolute Gasteiger partial charge is 0.270 e. The zero-order valence-electron chi connectivity index (χ0n) is 18.6. The third kappa shape index (κ3) is 4.90. The SMILES string of the molecule is Cn1c(Nc2ccccc2Br)nc2cc(Oc3ccnc(C(=O)NCC4CCCO4)c3)ccc21. The summed E-state index contributed by atoms with van der Waals surface area (Å²) in [6.45, 7) is 1.24. The number of benzene rings is 2. The van der Waals surface area contributed by atoms with Gasteiger partial charge >= 0.3 is 0 Å².